The van der Waals surface area contributed by atoms with Crippen LogP contribution in [0.25, 0.3) is 0 Å². The lowest BCUT2D eigenvalue weighted by Crippen LogP contribution is -2.47. The van der Waals surface area contributed by atoms with Gasteiger partial charge < -0.3 is 15.0 Å². The molecule has 0 aromatic heterocycles. The van der Waals surface area contributed by atoms with E-state index < -0.39 is 0 Å². The predicted molar refractivity (Wildman–Crippen MR) is 76.0 cm³/mol. The average molecular weight is 283 g/mol. The first-order valence-corrected chi connectivity index (χ1v) is 6.61. The number of hydrogen-bond donors (Lipinski definition) is 1. The Morgan fingerprint density at radius 1 is 1.21 bits per heavy atom. The highest BCUT2D eigenvalue weighted by Crippen LogP contribution is 2.25. The van der Waals surface area contributed by atoms with Crippen molar-refractivity contribution in [1.82, 2.24) is 10.2 Å². The van der Waals surface area contributed by atoms with Crippen LogP contribution in [0.15, 0.2) is 24.3 Å². The summed E-state index contributed by atoms with van der Waals surface area (Å²) in [6.45, 7) is 2.74. The zero-order valence-corrected chi connectivity index (χ0v) is 11.6. The molecule has 2 aliphatic rings. The van der Waals surface area contributed by atoms with Crippen molar-refractivity contribution in [3.63, 3.8) is 0 Å². The van der Waals surface area contributed by atoms with Gasteiger partial charge in [0.05, 0.1) is 0 Å². The van der Waals surface area contributed by atoms with Crippen molar-refractivity contribution < 1.29 is 9.53 Å². The molecule has 1 aromatic rings. The minimum absolute atomic E-state index is 0. The van der Waals surface area contributed by atoms with Crippen LogP contribution in [0.2, 0.25) is 0 Å². The smallest absolute Gasteiger partial charge is 0.410 e. The first-order chi connectivity index (χ1) is 8.84. The molecule has 1 fully saturated rings. The third-order valence-corrected chi connectivity index (χ3v) is 3.78. The maximum atomic E-state index is 12.2. The van der Waals surface area contributed by atoms with Gasteiger partial charge in [0.1, 0.15) is 5.75 Å². The van der Waals surface area contributed by atoms with Crippen LogP contribution in [0.3, 0.4) is 0 Å². The number of fused-ring (bicyclic) bond motifs is 1. The topological polar surface area (TPSA) is 41.6 Å². The van der Waals surface area contributed by atoms with E-state index in [9.17, 15) is 4.79 Å². The lowest BCUT2D eigenvalue weighted by molar-refractivity contribution is 0.125. The van der Waals surface area contributed by atoms with Gasteiger partial charge in [-0.3, -0.25) is 0 Å². The fourth-order valence-corrected chi connectivity index (χ4v) is 2.74. The number of benzene rings is 1. The number of hydrogen-bond acceptors (Lipinski definition) is 3. The summed E-state index contributed by atoms with van der Waals surface area (Å²) in [5.41, 5.74) is 1.13. The van der Waals surface area contributed by atoms with Crippen molar-refractivity contribution in [3.05, 3.63) is 29.8 Å². The summed E-state index contributed by atoms with van der Waals surface area (Å²) >= 11 is 0. The summed E-state index contributed by atoms with van der Waals surface area (Å²) in [7, 11) is 0. The summed E-state index contributed by atoms with van der Waals surface area (Å²) < 4.78 is 5.49. The Bertz CT molecular complexity index is 447. The summed E-state index contributed by atoms with van der Waals surface area (Å²) in [4.78, 5) is 14.1. The molecule has 5 heteroatoms. The summed E-state index contributed by atoms with van der Waals surface area (Å²) in [6, 6.07) is 8.14. The van der Waals surface area contributed by atoms with Crippen LogP contribution in [0.1, 0.15) is 18.4 Å². The lowest BCUT2D eigenvalue weighted by Gasteiger charge is -2.32. The standard InChI is InChI=1S/C14H18N2O2.ClH/c17-14-16(12-5-8-15-9-6-12)10-7-11-3-1-2-4-13(11)18-14;/h1-4,12,15H,5-10H2;1H. The predicted octanol–water partition coefficient (Wildman–Crippen LogP) is 2.22. The Labute approximate surface area is 119 Å². The minimum Gasteiger partial charge on any atom is -0.410 e. The van der Waals surface area contributed by atoms with E-state index in [0.717, 1.165) is 50.2 Å². The maximum Gasteiger partial charge on any atom is 0.415 e. The quantitative estimate of drug-likeness (QED) is 0.859. The van der Waals surface area contributed by atoms with Crippen molar-refractivity contribution in [3.8, 4) is 5.75 Å². The van der Waals surface area contributed by atoms with Crippen molar-refractivity contribution in [1.29, 1.82) is 0 Å². The number of para-hydroxylation sites is 1. The Morgan fingerprint density at radius 3 is 2.74 bits per heavy atom. The molecular formula is C14H19ClN2O2. The zero-order chi connectivity index (χ0) is 12.4. The van der Waals surface area contributed by atoms with E-state index in [2.05, 4.69) is 5.32 Å². The third kappa shape index (κ3) is 3.01. The Kier molecular flexibility index (Phi) is 4.66. The summed E-state index contributed by atoms with van der Waals surface area (Å²) in [5.74, 6) is 0.721. The number of amides is 1. The van der Waals surface area contributed by atoms with Gasteiger partial charge in [0.2, 0.25) is 0 Å². The lowest BCUT2D eigenvalue weighted by atomic mass is 10.0. The van der Waals surface area contributed by atoms with Gasteiger partial charge in [-0.25, -0.2) is 4.79 Å². The molecule has 0 atom stereocenters. The molecule has 0 bridgehead atoms. The number of carbonyl (C=O) groups is 1. The highest BCUT2D eigenvalue weighted by Gasteiger charge is 2.29. The van der Waals surface area contributed by atoms with Gasteiger partial charge in [0.25, 0.3) is 0 Å². The van der Waals surface area contributed by atoms with Crippen LogP contribution < -0.4 is 10.1 Å². The van der Waals surface area contributed by atoms with E-state index in [1.807, 2.05) is 29.2 Å². The number of halogens is 1. The van der Waals surface area contributed by atoms with Crippen molar-refractivity contribution in [2.24, 2.45) is 0 Å². The molecule has 0 aliphatic carbocycles. The van der Waals surface area contributed by atoms with Crippen LogP contribution in [0.5, 0.6) is 5.75 Å². The van der Waals surface area contributed by atoms with Gasteiger partial charge in [-0.15, -0.1) is 12.4 Å². The fourth-order valence-electron chi connectivity index (χ4n) is 2.74. The van der Waals surface area contributed by atoms with Crippen LogP contribution in [0.4, 0.5) is 4.79 Å². The largest absolute Gasteiger partial charge is 0.415 e. The molecule has 1 amide bonds. The number of rotatable bonds is 1. The van der Waals surface area contributed by atoms with Crippen LogP contribution in [0, 0.1) is 0 Å². The van der Waals surface area contributed by atoms with E-state index >= 15 is 0 Å². The molecule has 1 N–H and O–H groups in total. The molecule has 2 aliphatic heterocycles. The second-order valence-corrected chi connectivity index (χ2v) is 4.90. The third-order valence-electron chi connectivity index (χ3n) is 3.78. The second kappa shape index (κ2) is 6.26. The van der Waals surface area contributed by atoms with Crippen molar-refractivity contribution in [2.75, 3.05) is 19.6 Å². The van der Waals surface area contributed by atoms with Gasteiger partial charge in [-0.05, 0) is 44.0 Å². The fraction of sp³-hybridized carbons (Fsp3) is 0.500. The first kappa shape index (κ1) is 14.2. The van der Waals surface area contributed by atoms with Crippen molar-refractivity contribution >= 4 is 18.5 Å². The molecule has 3 rings (SSSR count). The Hall–Kier alpha value is -1.26. The van der Waals surface area contributed by atoms with E-state index in [4.69, 9.17) is 4.74 Å². The number of ether oxygens (including phenoxy) is 1. The molecule has 1 aromatic carbocycles. The molecule has 1 saturated heterocycles. The maximum absolute atomic E-state index is 12.2. The minimum atomic E-state index is -0.188. The normalized spacial score (nSPS) is 20.0. The highest BCUT2D eigenvalue weighted by atomic mass is 35.5. The van der Waals surface area contributed by atoms with Crippen molar-refractivity contribution in [2.45, 2.75) is 25.3 Å². The van der Waals surface area contributed by atoms with Gasteiger partial charge in [-0.2, -0.15) is 0 Å². The van der Waals surface area contributed by atoms with Crippen LogP contribution >= 0.6 is 12.4 Å². The van der Waals surface area contributed by atoms with Gasteiger partial charge >= 0.3 is 6.09 Å². The number of nitrogens with zero attached hydrogens (tertiary/aromatic N) is 1. The van der Waals surface area contributed by atoms with Crippen LogP contribution in [-0.2, 0) is 6.42 Å². The summed E-state index contributed by atoms with van der Waals surface area (Å²) in [6.07, 6.45) is 2.73. The number of carbonyl (C=O) groups excluding carboxylic acids is 1. The highest BCUT2D eigenvalue weighted by molar-refractivity contribution is 5.85. The van der Waals surface area contributed by atoms with E-state index in [1.165, 1.54) is 0 Å². The number of nitrogens with one attached hydrogen (secondary N) is 1. The molecule has 0 unspecified atom stereocenters. The molecule has 0 saturated carbocycles. The monoisotopic (exact) mass is 282 g/mol. The van der Waals surface area contributed by atoms with Gasteiger partial charge in [0, 0.05) is 12.6 Å². The molecule has 104 valence electrons. The van der Waals surface area contributed by atoms with E-state index in [1.54, 1.807) is 0 Å². The first-order valence-electron chi connectivity index (χ1n) is 6.61. The molecule has 0 spiro atoms. The zero-order valence-electron chi connectivity index (χ0n) is 10.8. The molecule has 2 heterocycles. The summed E-state index contributed by atoms with van der Waals surface area (Å²) in [5, 5.41) is 3.32. The van der Waals surface area contributed by atoms with E-state index in [-0.39, 0.29) is 18.5 Å². The van der Waals surface area contributed by atoms with Gasteiger partial charge in [0.15, 0.2) is 0 Å². The molecular weight excluding hydrogens is 264 g/mol. The number of piperidine rings is 1. The molecule has 4 nitrogen and oxygen atoms in total. The van der Waals surface area contributed by atoms with Crippen LogP contribution in [-0.4, -0.2) is 36.7 Å². The SMILES string of the molecule is Cl.O=C1Oc2ccccc2CCN1C1CCNCC1. The molecule has 0 radical (unpaired) electrons. The van der Waals surface area contributed by atoms with Gasteiger partial charge in [-0.1, -0.05) is 18.2 Å². The molecule has 19 heavy (non-hydrogen) atoms. The Morgan fingerprint density at radius 2 is 1.95 bits per heavy atom. The second-order valence-electron chi connectivity index (χ2n) is 4.90. The van der Waals surface area contributed by atoms with E-state index in [0.29, 0.717) is 6.04 Å². The average Bonchev–Trinajstić information content (AvgIpc) is 2.58. The Balaban J connectivity index is 0.00000133.